The molecule has 2 aromatic carbocycles. The highest BCUT2D eigenvalue weighted by Gasteiger charge is 2.49. The number of para-hydroxylation sites is 1. The maximum absolute atomic E-state index is 13.7. The van der Waals surface area contributed by atoms with E-state index in [-0.39, 0.29) is 36.6 Å². The van der Waals surface area contributed by atoms with E-state index in [1.807, 2.05) is 51.2 Å². The van der Waals surface area contributed by atoms with Gasteiger partial charge in [-0.25, -0.2) is 4.79 Å². The van der Waals surface area contributed by atoms with Gasteiger partial charge in [0.2, 0.25) is 5.91 Å². The number of nitrogens with one attached hydrogen (secondary N) is 2. The van der Waals surface area contributed by atoms with E-state index in [4.69, 9.17) is 9.47 Å². The number of hydrogen-bond donors (Lipinski definition) is 2. The van der Waals surface area contributed by atoms with E-state index < -0.39 is 23.9 Å². The number of hydrogen-bond acceptors (Lipinski definition) is 6. The van der Waals surface area contributed by atoms with Crippen LogP contribution in [0.25, 0.3) is 10.9 Å². The first-order chi connectivity index (χ1) is 19.5. The first-order valence-electron chi connectivity index (χ1n) is 13.9. The minimum Gasteiger partial charge on any atom is -0.444 e. The second-order valence-electron chi connectivity index (χ2n) is 11.6. The van der Waals surface area contributed by atoms with Crippen LogP contribution < -0.4 is 5.32 Å². The lowest BCUT2D eigenvalue weighted by atomic mass is 10.0. The molecule has 5 rings (SSSR count). The molecule has 3 unspecified atom stereocenters. The first kappa shape index (κ1) is 28.4. The highest BCUT2D eigenvalue weighted by Crippen LogP contribution is 2.30. The van der Waals surface area contributed by atoms with Gasteiger partial charge in [-0.05, 0) is 70.0 Å². The molecular formula is C31H36N4O6. The van der Waals surface area contributed by atoms with Gasteiger partial charge in [-0.3, -0.25) is 14.4 Å². The van der Waals surface area contributed by atoms with E-state index in [0.29, 0.717) is 30.8 Å². The van der Waals surface area contributed by atoms with Crippen molar-refractivity contribution in [1.82, 2.24) is 14.8 Å². The Morgan fingerprint density at radius 3 is 2.51 bits per heavy atom. The predicted octanol–water partition coefficient (Wildman–Crippen LogP) is 4.16. The second-order valence-corrected chi connectivity index (χ2v) is 11.6. The summed E-state index contributed by atoms with van der Waals surface area (Å²) >= 11 is 0. The zero-order valence-electron chi connectivity index (χ0n) is 23.8. The number of Topliss-reactive ketones (excluding diaryl/α,β-unsaturated/α-hetero) is 1. The van der Waals surface area contributed by atoms with Gasteiger partial charge in [-0.1, -0.05) is 18.2 Å². The Morgan fingerprint density at radius 2 is 1.80 bits per heavy atom. The molecule has 0 radical (unpaired) electrons. The number of nitrogens with zero attached hydrogens (tertiary/aromatic N) is 2. The zero-order valence-corrected chi connectivity index (χ0v) is 23.8. The lowest BCUT2D eigenvalue weighted by Gasteiger charge is -2.40. The summed E-state index contributed by atoms with van der Waals surface area (Å²) in [5.41, 5.74) is 2.52. The lowest BCUT2D eigenvalue weighted by Crippen LogP contribution is -2.59. The fourth-order valence-corrected chi connectivity index (χ4v) is 5.44. The molecule has 2 fully saturated rings. The normalized spacial score (nSPS) is 20.7. The van der Waals surface area contributed by atoms with Crippen molar-refractivity contribution in [3.63, 3.8) is 0 Å². The number of morpholine rings is 1. The average Bonchev–Trinajstić information content (AvgIpc) is 3.52. The quantitative estimate of drug-likeness (QED) is 0.419. The van der Waals surface area contributed by atoms with Crippen LogP contribution in [0.15, 0.2) is 54.7 Å². The molecule has 10 heteroatoms. The largest absolute Gasteiger partial charge is 0.444 e. The molecule has 41 heavy (non-hydrogen) atoms. The maximum atomic E-state index is 13.7. The van der Waals surface area contributed by atoms with Gasteiger partial charge in [0.05, 0.1) is 25.1 Å². The van der Waals surface area contributed by atoms with Crippen molar-refractivity contribution >= 4 is 40.3 Å². The molecule has 3 atom stereocenters. The third-order valence-corrected chi connectivity index (χ3v) is 7.43. The Morgan fingerprint density at radius 1 is 1.07 bits per heavy atom. The van der Waals surface area contributed by atoms with E-state index in [2.05, 4.69) is 10.3 Å². The number of ether oxygens (including phenoxy) is 2. The molecule has 3 amide bonds. The lowest BCUT2D eigenvalue weighted by molar-refractivity contribution is -0.168. The number of fused-ring (bicyclic) bond motifs is 2. The second kappa shape index (κ2) is 11.4. The van der Waals surface area contributed by atoms with Crippen molar-refractivity contribution in [2.75, 3.05) is 25.0 Å². The van der Waals surface area contributed by atoms with Crippen LogP contribution in [0, 0.1) is 0 Å². The molecule has 0 spiro atoms. The Hall–Kier alpha value is -4.18. The Balaban J connectivity index is 1.32. The molecule has 2 N–H and O–H groups in total. The number of aromatic nitrogens is 1. The molecule has 10 nitrogen and oxygen atoms in total. The van der Waals surface area contributed by atoms with Crippen LogP contribution in [0.5, 0.6) is 0 Å². The SMILES string of the molecule is CC(=O)c1ccc(NC(=O)CC2OC3CN(C(=O)OC(C)(C)C)CC3N(CCc3c[nH]c4ccccc34)C2=O)cc1. The molecule has 2 saturated heterocycles. The van der Waals surface area contributed by atoms with Crippen LogP contribution in [-0.4, -0.2) is 82.0 Å². The van der Waals surface area contributed by atoms with Crippen molar-refractivity contribution in [2.45, 2.75) is 64.4 Å². The number of ketones is 1. The average molecular weight is 561 g/mol. The molecule has 3 heterocycles. The van der Waals surface area contributed by atoms with E-state index in [1.165, 1.54) is 6.92 Å². The van der Waals surface area contributed by atoms with Crippen molar-refractivity contribution in [3.05, 3.63) is 65.9 Å². The number of rotatable bonds is 7. The van der Waals surface area contributed by atoms with Crippen molar-refractivity contribution in [1.29, 1.82) is 0 Å². The summed E-state index contributed by atoms with van der Waals surface area (Å²) in [7, 11) is 0. The predicted molar refractivity (Wildman–Crippen MR) is 154 cm³/mol. The van der Waals surface area contributed by atoms with Gasteiger partial charge in [-0.15, -0.1) is 0 Å². The minimum atomic E-state index is -0.991. The van der Waals surface area contributed by atoms with Gasteiger partial charge < -0.3 is 29.6 Å². The van der Waals surface area contributed by atoms with Gasteiger partial charge in [0.1, 0.15) is 11.7 Å². The standard InChI is InChI=1S/C31H36N4O6/c1-19(36)20-9-11-22(12-10-20)33-28(37)15-26-29(38)35(14-13-21-16-32-24-8-6-5-7-23(21)24)25-17-34(18-27(25)40-26)30(39)41-31(2,3)4/h5-12,16,25-27,32H,13-15,17-18H2,1-4H3,(H,33,37). The highest BCUT2D eigenvalue weighted by atomic mass is 16.6. The maximum Gasteiger partial charge on any atom is 0.410 e. The van der Waals surface area contributed by atoms with Crippen LogP contribution >= 0.6 is 0 Å². The van der Waals surface area contributed by atoms with E-state index >= 15 is 0 Å². The molecule has 0 aliphatic carbocycles. The van der Waals surface area contributed by atoms with Gasteiger partial charge in [-0.2, -0.15) is 0 Å². The van der Waals surface area contributed by atoms with Gasteiger partial charge in [0, 0.05) is 41.4 Å². The number of carbonyl (C=O) groups is 4. The summed E-state index contributed by atoms with van der Waals surface area (Å²) < 4.78 is 11.8. The van der Waals surface area contributed by atoms with Crippen LogP contribution in [0.4, 0.5) is 10.5 Å². The van der Waals surface area contributed by atoms with Crippen LogP contribution in [0.3, 0.4) is 0 Å². The third-order valence-electron chi connectivity index (χ3n) is 7.43. The molecule has 2 aliphatic rings. The fourth-order valence-electron chi connectivity index (χ4n) is 5.44. The molecule has 216 valence electrons. The van der Waals surface area contributed by atoms with Crippen molar-refractivity contribution < 1.29 is 28.7 Å². The zero-order chi connectivity index (χ0) is 29.3. The van der Waals surface area contributed by atoms with Gasteiger partial charge in [0.25, 0.3) is 5.91 Å². The summed E-state index contributed by atoms with van der Waals surface area (Å²) in [4.78, 5) is 57.7. The van der Waals surface area contributed by atoms with E-state index in [0.717, 1.165) is 16.5 Å². The molecule has 3 aromatic rings. The monoisotopic (exact) mass is 560 g/mol. The Labute approximate surface area is 239 Å². The van der Waals surface area contributed by atoms with E-state index in [1.54, 1.807) is 34.1 Å². The smallest absolute Gasteiger partial charge is 0.410 e. The molecule has 2 aliphatic heterocycles. The molecule has 0 saturated carbocycles. The summed E-state index contributed by atoms with van der Waals surface area (Å²) in [5.74, 6) is -0.724. The number of carbonyl (C=O) groups excluding carboxylic acids is 4. The van der Waals surface area contributed by atoms with Crippen LogP contribution in [0.1, 0.15) is 50.0 Å². The summed E-state index contributed by atoms with van der Waals surface area (Å²) in [6, 6.07) is 14.2. The highest BCUT2D eigenvalue weighted by molar-refractivity contribution is 5.97. The summed E-state index contributed by atoms with van der Waals surface area (Å²) in [6.07, 6.45) is 0.490. The van der Waals surface area contributed by atoms with Crippen LogP contribution in [-0.2, 0) is 25.5 Å². The third kappa shape index (κ3) is 6.43. The molecule has 0 bridgehead atoms. The number of H-pyrrole nitrogens is 1. The molecule has 1 aromatic heterocycles. The number of anilines is 1. The van der Waals surface area contributed by atoms with Crippen LogP contribution in [0.2, 0.25) is 0 Å². The van der Waals surface area contributed by atoms with Gasteiger partial charge in [0.15, 0.2) is 5.78 Å². The van der Waals surface area contributed by atoms with Crippen molar-refractivity contribution in [3.8, 4) is 0 Å². The Kier molecular flexibility index (Phi) is 7.86. The Bertz CT molecular complexity index is 1460. The summed E-state index contributed by atoms with van der Waals surface area (Å²) in [5, 5.41) is 3.88. The summed E-state index contributed by atoms with van der Waals surface area (Å²) in [6.45, 7) is 7.88. The fraction of sp³-hybridized carbons (Fsp3) is 0.419. The number of likely N-dealkylation sites (tertiary alicyclic amines) is 1. The number of amides is 3. The first-order valence-corrected chi connectivity index (χ1v) is 13.9. The van der Waals surface area contributed by atoms with Crippen molar-refractivity contribution in [2.24, 2.45) is 0 Å². The minimum absolute atomic E-state index is 0.0663. The topological polar surface area (TPSA) is 121 Å². The number of benzene rings is 2. The number of aromatic amines is 1. The molecular weight excluding hydrogens is 524 g/mol. The van der Waals surface area contributed by atoms with Gasteiger partial charge >= 0.3 is 6.09 Å². The van der Waals surface area contributed by atoms with E-state index in [9.17, 15) is 19.2 Å².